The highest BCUT2D eigenvalue weighted by atomic mass is 35.5. The van der Waals surface area contributed by atoms with E-state index in [9.17, 15) is 19.7 Å². The molecule has 0 saturated heterocycles. The van der Waals surface area contributed by atoms with Crippen molar-refractivity contribution < 1.29 is 9.72 Å². The summed E-state index contributed by atoms with van der Waals surface area (Å²) in [7, 11) is 0. The Morgan fingerprint density at radius 2 is 1.92 bits per heavy atom. The SMILES string of the molecule is C[C@@H](NC(=O)[C@H](C)n1cc([N+](=O)[O-])ccc1=O)c1ccc(Cl)cc1Cl. The molecule has 1 aromatic carbocycles. The van der Waals surface area contributed by atoms with Crippen LogP contribution >= 0.6 is 23.2 Å². The fourth-order valence-corrected chi connectivity index (χ4v) is 2.87. The maximum atomic E-state index is 12.4. The summed E-state index contributed by atoms with van der Waals surface area (Å²) in [5.74, 6) is -0.471. The molecule has 0 radical (unpaired) electrons. The number of nitro groups is 1. The van der Waals surface area contributed by atoms with Gasteiger partial charge in [0.15, 0.2) is 0 Å². The highest BCUT2D eigenvalue weighted by Crippen LogP contribution is 2.26. The largest absolute Gasteiger partial charge is 0.348 e. The second kappa shape index (κ2) is 7.67. The van der Waals surface area contributed by atoms with E-state index in [2.05, 4.69) is 5.32 Å². The quantitative estimate of drug-likeness (QED) is 0.631. The van der Waals surface area contributed by atoms with Gasteiger partial charge in [0.2, 0.25) is 5.91 Å². The van der Waals surface area contributed by atoms with Crippen molar-refractivity contribution >= 4 is 34.8 Å². The topological polar surface area (TPSA) is 94.2 Å². The molecule has 7 nitrogen and oxygen atoms in total. The average molecular weight is 384 g/mol. The van der Waals surface area contributed by atoms with Crippen molar-refractivity contribution in [2.75, 3.05) is 0 Å². The Bertz CT molecular complexity index is 882. The Morgan fingerprint density at radius 1 is 1.24 bits per heavy atom. The molecule has 9 heteroatoms. The minimum Gasteiger partial charge on any atom is -0.348 e. The molecule has 1 aromatic heterocycles. The average Bonchev–Trinajstić information content (AvgIpc) is 2.54. The lowest BCUT2D eigenvalue weighted by molar-refractivity contribution is -0.385. The van der Waals surface area contributed by atoms with Crippen LogP contribution in [0.3, 0.4) is 0 Å². The van der Waals surface area contributed by atoms with Gasteiger partial charge in [-0.05, 0) is 31.5 Å². The first-order valence-corrected chi connectivity index (χ1v) is 8.08. The second-order valence-electron chi connectivity index (χ2n) is 5.46. The number of hydrogen-bond acceptors (Lipinski definition) is 4. The van der Waals surface area contributed by atoms with E-state index >= 15 is 0 Å². The third-order valence-corrected chi connectivity index (χ3v) is 4.28. The Kier molecular flexibility index (Phi) is 5.81. The first kappa shape index (κ1) is 19.0. The fraction of sp³-hybridized carbons (Fsp3) is 0.250. The van der Waals surface area contributed by atoms with Crippen LogP contribution in [0.5, 0.6) is 0 Å². The summed E-state index contributed by atoms with van der Waals surface area (Å²) < 4.78 is 1.02. The molecule has 1 amide bonds. The van der Waals surface area contributed by atoms with Crippen molar-refractivity contribution in [3.63, 3.8) is 0 Å². The van der Waals surface area contributed by atoms with E-state index in [0.29, 0.717) is 15.6 Å². The normalized spacial score (nSPS) is 13.1. The van der Waals surface area contributed by atoms with E-state index in [0.717, 1.165) is 22.9 Å². The van der Waals surface area contributed by atoms with Crippen LogP contribution < -0.4 is 10.9 Å². The smallest absolute Gasteiger partial charge is 0.285 e. The monoisotopic (exact) mass is 383 g/mol. The van der Waals surface area contributed by atoms with Gasteiger partial charge in [-0.15, -0.1) is 0 Å². The predicted octanol–water partition coefficient (Wildman–Crippen LogP) is 3.50. The minimum absolute atomic E-state index is 0.270. The van der Waals surface area contributed by atoms with Crippen LogP contribution in [0.25, 0.3) is 0 Å². The fourth-order valence-electron chi connectivity index (χ4n) is 2.29. The number of aromatic nitrogens is 1. The highest BCUT2D eigenvalue weighted by Gasteiger charge is 2.21. The van der Waals surface area contributed by atoms with Gasteiger partial charge in [0, 0.05) is 22.2 Å². The molecule has 0 bridgehead atoms. The van der Waals surface area contributed by atoms with Crippen LogP contribution in [-0.4, -0.2) is 15.4 Å². The van der Waals surface area contributed by atoms with Gasteiger partial charge in [-0.2, -0.15) is 0 Å². The first-order valence-electron chi connectivity index (χ1n) is 7.32. The molecule has 0 spiro atoms. The summed E-state index contributed by atoms with van der Waals surface area (Å²) in [4.78, 5) is 34.6. The van der Waals surface area contributed by atoms with Crippen LogP contribution in [0.1, 0.15) is 31.5 Å². The van der Waals surface area contributed by atoms with Crippen LogP contribution in [0.15, 0.2) is 41.3 Å². The molecule has 1 heterocycles. The molecule has 0 aliphatic heterocycles. The Morgan fingerprint density at radius 3 is 2.52 bits per heavy atom. The summed E-state index contributed by atoms with van der Waals surface area (Å²) in [6.45, 7) is 3.21. The zero-order valence-corrected chi connectivity index (χ0v) is 14.9. The molecule has 1 N–H and O–H groups in total. The molecule has 2 rings (SSSR count). The number of benzene rings is 1. The summed E-state index contributed by atoms with van der Waals surface area (Å²) in [5.41, 5.74) is -0.114. The number of nitrogens with zero attached hydrogens (tertiary/aromatic N) is 2. The molecule has 2 aromatic rings. The number of halogens is 2. The number of carbonyl (C=O) groups excluding carboxylic acids is 1. The lowest BCUT2D eigenvalue weighted by Gasteiger charge is -2.20. The van der Waals surface area contributed by atoms with Gasteiger partial charge in [-0.25, -0.2) is 0 Å². The van der Waals surface area contributed by atoms with Crippen LogP contribution in [0, 0.1) is 10.1 Å². The summed E-state index contributed by atoms with van der Waals surface area (Å²) in [6, 6.07) is 5.70. The van der Waals surface area contributed by atoms with Gasteiger partial charge in [-0.3, -0.25) is 24.3 Å². The van der Waals surface area contributed by atoms with Crippen molar-refractivity contribution in [3.05, 3.63) is 72.6 Å². The Balaban J connectivity index is 2.21. The molecule has 2 atom stereocenters. The maximum Gasteiger partial charge on any atom is 0.285 e. The van der Waals surface area contributed by atoms with Crippen LogP contribution in [-0.2, 0) is 4.79 Å². The van der Waals surface area contributed by atoms with Crippen molar-refractivity contribution in [3.8, 4) is 0 Å². The van der Waals surface area contributed by atoms with E-state index in [1.807, 2.05) is 0 Å². The Labute approximate surface area is 153 Å². The Hall–Kier alpha value is -2.38. The third kappa shape index (κ3) is 4.37. The van der Waals surface area contributed by atoms with Gasteiger partial charge < -0.3 is 5.32 Å². The summed E-state index contributed by atoms with van der Waals surface area (Å²) in [6.07, 6.45) is 1.05. The first-order chi connectivity index (χ1) is 11.7. The maximum absolute atomic E-state index is 12.4. The van der Waals surface area contributed by atoms with Crippen molar-refractivity contribution in [1.29, 1.82) is 0 Å². The van der Waals surface area contributed by atoms with Crippen LogP contribution in [0.2, 0.25) is 10.0 Å². The number of carbonyl (C=O) groups is 1. The van der Waals surface area contributed by atoms with Crippen LogP contribution in [0.4, 0.5) is 5.69 Å². The molecule has 0 fully saturated rings. The van der Waals surface area contributed by atoms with Crippen molar-refractivity contribution in [2.24, 2.45) is 0 Å². The zero-order valence-electron chi connectivity index (χ0n) is 13.4. The van der Waals surface area contributed by atoms with Gasteiger partial charge in [-0.1, -0.05) is 29.3 Å². The molecule has 0 unspecified atom stereocenters. The highest BCUT2D eigenvalue weighted by molar-refractivity contribution is 6.35. The van der Waals surface area contributed by atoms with Gasteiger partial charge in [0.1, 0.15) is 6.04 Å². The van der Waals surface area contributed by atoms with E-state index in [1.54, 1.807) is 25.1 Å². The molecule has 0 aliphatic rings. The third-order valence-electron chi connectivity index (χ3n) is 3.72. The molecule has 25 heavy (non-hydrogen) atoms. The van der Waals surface area contributed by atoms with Gasteiger partial charge in [0.05, 0.1) is 17.2 Å². The lowest BCUT2D eigenvalue weighted by atomic mass is 10.1. The van der Waals surface area contributed by atoms with E-state index in [4.69, 9.17) is 23.2 Å². The lowest BCUT2D eigenvalue weighted by Crippen LogP contribution is -2.36. The van der Waals surface area contributed by atoms with Gasteiger partial charge >= 0.3 is 0 Å². The van der Waals surface area contributed by atoms with Crippen molar-refractivity contribution in [2.45, 2.75) is 25.9 Å². The zero-order chi connectivity index (χ0) is 18.7. The molecular formula is C16H15Cl2N3O4. The number of nitrogens with one attached hydrogen (secondary N) is 1. The van der Waals surface area contributed by atoms with E-state index in [-0.39, 0.29) is 5.69 Å². The second-order valence-corrected chi connectivity index (χ2v) is 6.31. The van der Waals surface area contributed by atoms with E-state index in [1.165, 1.54) is 6.92 Å². The molecule has 0 saturated carbocycles. The molecule has 132 valence electrons. The molecular weight excluding hydrogens is 369 g/mol. The number of amides is 1. The predicted molar refractivity (Wildman–Crippen MR) is 95.1 cm³/mol. The van der Waals surface area contributed by atoms with Gasteiger partial charge in [0.25, 0.3) is 11.2 Å². The number of rotatable bonds is 5. The minimum atomic E-state index is -0.930. The van der Waals surface area contributed by atoms with Crippen molar-refractivity contribution in [1.82, 2.24) is 9.88 Å². The molecule has 0 aliphatic carbocycles. The summed E-state index contributed by atoms with van der Waals surface area (Å²) >= 11 is 12.0. The number of pyridine rings is 1. The summed E-state index contributed by atoms with van der Waals surface area (Å²) in [5, 5.41) is 14.5. The standard InChI is InChI=1S/C16H15Cl2N3O4/c1-9(13-5-3-11(17)7-14(13)18)19-16(23)10(2)20-8-12(21(24)25)4-6-15(20)22/h3-10H,1-2H3,(H,19,23)/t9-,10+/m1/s1. The van der Waals surface area contributed by atoms with E-state index < -0.39 is 28.5 Å². The number of hydrogen-bond donors (Lipinski definition) is 1.